The average molecular weight is 278 g/mol. The van der Waals surface area contributed by atoms with Gasteiger partial charge in [0.25, 0.3) is 0 Å². The zero-order valence-corrected chi connectivity index (χ0v) is 10.7. The number of unbranched alkanes of at least 4 members (excludes halogenated alkanes) is 1. The van der Waals surface area contributed by atoms with E-state index in [0.29, 0.717) is 19.4 Å². The van der Waals surface area contributed by atoms with Crippen LogP contribution in [0.1, 0.15) is 19.3 Å². The standard InChI is InChI=1S/C11H22N2O6/c12-4-2-1-3-7(13)11(18)19-6-9(16)10(17)8(15)5-14/h7-8,10,14-15,17H,1-6,12-13H2/t7-,8+,10+/m0/s1. The van der Waals surface area contributed by atoms with E-state index in [0.717, 1.165) is 6.42 Å². The molecule has 8 nitrogen and oxygen atoms in total. The first-order valence-electron chi connectivity index (χ1n) is 6.06. The van der Waals surface area contributed by atoms with E-state index in [1.165, 1.54) is 0 Å². The molecule has 3 atom stereocenters. The molecule has 7 N–H and O–H groups in total. The lowest BCUT2D eigenvalue weighted by Gasteiger charge is -2.15. The monoisotopic (exact) mass is 278 g/mol. The number of hydrogen-bond donors (Lipinski definition) is 5. The van der Waals surface area contributed by atoms with Crippen LogP contribution in [0.5, 0.6) is 0 Å². The molecule has 0 saturated heterocycles. The van der Waals surface area contributed by atoms with Crippen LogP contribution in [0, 0.1) is 0 Å². The Balaban J connectivity index is 3.98. The number of esters is 1. The Morgan fingerprint density at radius 3 is 2.37 bits per heavy atom. The van der Waals surface area contributed by atoms with Gasteiger partial charge < -0.3 is 31.5 Å². The van der Waals surface area contributed by atoms with Crippen LogP contribution in [0.15, 0.2) is 0 Å². The molecule has 0 aromatic rings. The van der Waals surface area contributed by atoms with E-state index in [2.05, 4.69) is 4.74 Å². The van der Waals surface area contributed by atoms with Crippen molar-refractivity contribution in [3.8, 4) is 0 Å². The number of nitrogens with two attached hydrogens (primary N) is 2. The minimum atomic E-state index is -1.79. The average Bonchev–Trinajstić information content (AvgIpc) is 2.42. The van der Waals surface area contributed by atoms with Crippen LogP contribution < -0.4 is 11.5 Å². The molecule has 0 bridgehead atoms. The minimum Gasteiger partial charge on any atom is -0.456 e. The van der Waals surface area contributed by atoms with Crippen molar-refractivity contribution in [2.75, 3.05) is 19.8 Å². The first-order valence-corrected chi connectivity index (χ1v) is 6.06. The topological polar surface area (TPSA) is 156 Å². The zero-order chi connectivity index (χ0) is 14.8. The van der Waals surface area contributed by atoms with Gasteiger partial charge in [-0.15, -0.1) is 0 Å². The second-order valence-electron chi connectivity index (χ2n) is 4.16. The number of ether oxygens (including phenoxy) is 1. The molecule has 8 heteroatoms. The Hall–Kier alpha value is -1.06. The van der Waals surface area contributed by atoms with Crippen molar-refractivity contribution in [2.24, 2.45) is 11.5 Å². The van der Waals surface area contributed by atoms with Gasteiger partial charge >= 0.3 is 5.97 Å². The highest BCUT2D eigenvalue weighted by Crippen LogP contribution is 2.01. The van der Waals surface area contributed by atoms with Crippen molar-refractivity contribution in [1.29, 1.82) is 0 Å². The quantitative estimate of drug-likeness (QED) is 0.213. The molecule has 0 unspecified atom stereocenters. The summed E-state index contributed by atoms with van der Waals surface area (Å²) in [4.78, 5) is 22.7. The summed E-state index contributed by atoms with van der Waals surface area (Å²) in [6, 6.07) is -0.848. The van der Waals surface area contributed by atoms with Crippen molar-refractivity contribution < 1.29 is 29.6 Å². The first kappa shape index (κ1) is 17.9. The highest BCUT2D eigenvalue weighted by Gasteiger charge is 2.25. The van der Waals surface area contributed by atoms with Gasteiger partial charge in [-0.1, -0.05) is 6.42 Å². The van der Waals surface area contributed by atoms with Crippen molar-refractivity contribution in [3.63, 3.8) is 0 Å². The lowest BCUT2D eigenvalue weighted by atomic mass is 10.1. The van der Waals surface area contributed by atoms with Gasteiger partial charge in [-0.25, -0.2) is 0 Å². The normalized spacial score (nSPS) is 15.6. The van der Waals surface area contributed by atoms with Crippen molar-refractivity contribution in [2.45, 2.75) is 37.5 Å². The molecule has 0 spiro atoms. The predicted octanol–water partition coefficient (Wildman–Crippen LogP) is -2.73. The molecule has 0 aromatic heterocycles. The number of aliphatic hydroxyl groups excluding tert-OH is 3. The number of carbonyl (C=O) groups is 2. The lowest BCUT2D eigenvalue weighted by molar-refractivity contribution is -0.154. The van der Waals surface area contributed by atoms with Gasteiger partial charge in [0.1, 0.15) is 18.2 Å². The summed E-state index contributed by atoms with van der Waals surface area (Å²) in [7, 11) is 0. The maximum Gasteiger partial charge on any atom is 0.323 e. The van der Waals surface area contributed by atoms with E-state index in [4.69, 9.17) is 21.7 Å². The molecule has 0 aliphatic carbocycles. The van der Waals surface area contributed by atoms with Crippen LogP contribution in [0.4, 0.5) is 0 Å². The lowest BCUT2D eigenvalue weighted by Crippen LogP contribution is -2.40. The van der Waals surface area contributed by atoms with E-state index in [9.17, 15) is 14.7 Å². The summed E-state index contributed by atoms with van der Waals surface area (Å²) in [6.07, 6.45) is -1.57. The van der Waals surface area contributed by atoms with Crippen molar-refractivity contribution >= 4 is 11.8 Å². The smallest absolute Gasteiger partial charge is 0.323 e. The predicted molar refractivity (Wildman–Crippen MR) is 65.9 cm³/mol. The van der Waals surface area contributed by atoms with Crippen LogP contribution in [0.3, 0.4) is 0 Å². The summed E-state index contributed by atoms with van der Waals surface area (Å²) >= 11 is 0. The molecule has 0 amide bonds. The van der Waals surface area contributed by atoms with Gasteiger partial charge in [0, 0.05) is 0 Å². The second kappa shape index (κ2) is 9.82. The second-order valence-corrected chi connectivity index (χ2v) is 4.16. The molecular weight excluding hydrogens is 256 g/mol. The molecule has 0 aliphatic heterocycles. The van der Waals surface area contributed by atoms with Crippen LogP contribution >= 0.6 is 0 Å². The number of rotatable bonds is 10. The van der Waals surface area contributed by atoms with Gasteiger partial charge in [-0.05, 0) is 19.4 Å². The fourth-order valence-electron chi connectivity index (χ4n) is 1.28. The van der Waals surface area contributed by atoms with Gasteiger partial charge in [0.15, 0.2) is 6.61 Å². The molecule has 0 rings (SSSR count). The molecular formula is C11H22N2O6. The third-order valence-corrected chi connectivity index (χ3v) is 2.51. The van der Waals surface area contributed by atoms with Gasteiger partial charge in [0.2, 0.25) is 5.78 Å². The van der Waals surface area contributed by atoms with Gasteiger partial charge in [0.05, 0.1) is 6.61 Å². The van der Waals surface area contributed by atoms with Crippen LogP contribution in [0.2, 0.25) is 0 Å². The maximum absolute atomic E-state index is 11.4. The fraction of sp³-hybridized carbons (Fsp3) is 0.818. The third kappa shape index (κ3) is 7.19. The summed E-state index contributed by atoms with van der Waals surface area (Å²) in [6.45, 7) is -0.952. The van der Waals surface area contributed by atoms with E-state index >= 15 is 0 Å². The Bertz CT molecular complexity index is 286. The number of hydrogen-bond acceptors (Lipinski definition) is 8. The molecule has 0 aliphatic rings. The van der Waals surface area contributed by atoms with E-state index in [1.54, 1.807) is 0 Å². The highest BCUT2D eigenvalue weighted by molar-refractivity contribution is 5.87. The Morgan fingerprint density at radius 1 is 1.21 bits per heavy atom. The number of carbonyl (C=O) groups excluding carboxylic acids is 2. The molecule has 0 saturated carbocycles. The van der Waals surface area contributed by atoms with Crippen LogP contribution in [-0.4, -0.2) is 65.1 Å². The summed E-state index contributed by atoms with van der Waals surface area (Å²) in [5.41, 5.74) is 10.8. The molecule has 0 radical (unpaired) electrons. The van der Waals surface area contributed by atoms with E-state index in [-0.39, 0.29) is 0 Å². The molecule has 0 heterocycles. The zero-order valence-electron chi connectivity index (χ0n) is 10.7. The number of ketones is 1. The van der Waals surface area contributed by atoms with E-state index < -0.39 is 43.2 Å². The molecule has 19 heavy (non-hydrogen) atoms. The largest absolute Gasteiger partial charge is 0.456 e. The van der Waals surface area contributed by atoms with Gasteiger partial charge in [-0.2, -0.15) is 0 Å². The SMILES string of the molecule is NCCCC[C@H](N)C(=O)OCC(=O)[C@H](O)[C@H](O)CO. The fourth-order valence-corrected chi connectivity index (χ4v) is 1.28. The maximum atomic E-state index is 11.4. The molecule has 112 valence electrons. The van der Waals surface area contributed by atoms with Gasteiger partial charge in [-0.3, -0.25) is 9.59 Å². The summed E-state index contributed by atoms with van der Waals surface area (Å²) in [5.74, 6) is -1.65. The number of aliphatic hydroxyl groups is 3. The Labute approximate surface area is 111 Å². The summed E-state index contributed by atoms with van der Waals surface area (Å²) in [5, 5.41) is 26.8. The van der Waals surface area contributed by atoms with Crippen molar-refractivity contribution in [3.05, 3.63) is 0 Å². The Kier molecular flexibility index (Phi) is 9.27. The first-order chi connectivity index (χ1) is 8.93. The molecule has 0 fully saturated rings. The number of Topliss-reactive ketones (excluding diaryl/α,β-unsaturated/α-hetero) is 1. The highest BCUT2D eigenvalue weighted by atomic mass is 16.5. The Morgan fingerprint density at radius 2 is 1.84 bits per heavy atom. The van der Waals surface area contributed by atoms with Crippen LogP contribution in [0.25, 0.3) is 0 Å². The van der Waals surface area contributed by atoms with Crippen molar-refractivity contribution in [1.82, 2.24) is 0 Å². The third-order valence-electron chi connectivity index (χ3n) is 2.51. The van der Waals surface area contributed by atoms with Crippen LogP contribution in [-0.2, 0) is 14.3 Å². The molecule has 0 aromatic carbocycles. The minimum absolute atomic E-state index is 0.395. The van der Waals surface area contributed by atoms with E-state index in [1.807, 2.05) is 0 Å². The summed E-state index contributed by atoms with van der Waals surface area (Å²) < 4.78 is 4.61.